The summed E-state index contributed by atoms with van der Waals surface area (Å²) in [7, 11) is 0. The maximum absolute atomic E-state index is 11.9. The maximum atomic E-state index is 11.9. The first-order valence-corrected chi connectivity index (χ1v) is 8.04. The molecule has 5 heteroatoms. The highest BCUT2D eigenvalue weighted by Gasteiger charge is 2.09. The first kappa shape index (κ1) is 15.2. The van der Waals surface area contributed by atoms with Gasteiger partial charge < -0.3 is 5.32 Å². The van der Waals surface area contributed by atoms with Gasteiger partial charge in [-0.15, -0.1) is 0 Å². The van der Waals surface area contributed by atoms with E-state index in [4.69, 9.17) is 0 Å². The highest BCUT2D eigenvalue weighted by molar-refractivity contribution is 9.11. The van der Waals surface area contributed by atoms with Crippen molar-refractivity contribution in [3.63, 3.8) is 0 Å². The monoisotopic (exact) mass is 425 g/mol. The second kappa shape index (κ2) is 7.54. The molecule has 94 valence electrons. The highest BCUT2D eigenvalue weighted by Crippen LogP contribution is 2.20. The van der Waals surface area contributed by atoms with Gasteiger partial charge in [0, 0.05) is 26.4 Å². The second-order valence-corrected chi connectivity index (χ2v) is 6.58. The molecule has 1 atom stereocenters. The summed E-state index contributed by atoms with van der Waals surface area (Å²) in [6.45, 7) is 2.83. The van der Waals surface area contributed by atoms with E-state index in [9.17, 15) is 4.79 Å². The summed E-state index contributed by atoms with van der Waals surface area (Å²) in [6.07, 6.45) is 1.06. The molecule has 0 saturated carbocycles. The van der Waals surface area contributed by atoms with Crippen LogP contribution in [0.15, 0.2) is 27.1 Å². The summed E-state index contributed by atoms with van der Waals surface area (Å²) >= 11 is 10.1. The third-order valence-corrected chi connectivity index (χ3v) is 3.71. The Morgan fingerprint density at radius 2 is 1.88 bits per heavy atom. The van der Waals surface area contributed by atoms with Gasteiger partial charge in [-0.3, -0.25) is 4.79 Å². The van der Waals surface area contributed by atoms with Crippen molar-refractivity contribution >= 4 is 53.7 Å². The normalized spacial score (nSPS) is 12.2. The molecule has 1 amide bonds. The second-order valence-electron chi connectivity index (χ2n) is 3.95. The van der Waals surface area contributed by atoms with Gasteiger partial charge in [0.05, 0.1) is 0 Å². The zero-order valence-electron chi connectivity index (χ0n) is 9.47. The summed E-state index contributed by atoms with van der Waals surface area (Å²) in [4.78, 5) is 11.9. The fraction of sp³-hybridized carbons (Fsp3) is 0.417. The molecule has 0 aliphatic heterocycles. The number of nitrogens with one attached hydrogen (secondary N) is 1. The molecule has 1 rings (SSSR count). The Balaban J connectivity index is 2.58. The first-order valence-electron chi connectivity index (χ1n) is 5.33. The van der Waals surface area contributed by atoms with Crippen molar-refractivity contribution in [1.29, 1.82) is 0 Å². The smallest absolute Gasteiger partial charge is 0.251 e. The molecule has 0 fully saturated rings. The van der Waals surface area contributed by atoms with Crippen LogP contribution in [0.25, 0.3) is 0 Å². The van der Waals surface area contributed by atoms with E-state index in [0.29, 0.717) is 18.0 Å². The highest BCUT2D eigenvalue weighted by atomic mass is 79.9. The van der Waals surface area contributed by atoms with Crippen LogP contribution in [0.2, 0.25) is 0 Å². The Morgan fingerprint density at radius 3 is 2.41 bits per heavy atom. The molecule has 17 heavy (non-hydrogen) atoms. The third-order valence-electron chi connectivity index (χ3n) is 2.34. The number of alkyl halides is 1. The minimum atomic E-state index is -0.0339. The molecular weight excluding hydrogens is 414 g/mol. The molecule has 2 nitrogen and oxygen atoms in total. The molecular formula is C12H14Br3NO. The third kappa shape index (κ3) is 5.53. The van der Waals surface area contributed by atoms with Crippen LogP contribution in [0, 0.1) is 5.92 Å². The van der Waals surface area contributed by atoms with Crippen molar-refractivity contribution in [2.75, 3.05) is 11.9 Å². The van der Waals surface area contributed by atoms with Crippen LogP contribution in [0.5, 0.6) is 0 Å². The average molecular weight is 428 g/mol. The largest absolute Gasteiger partial charge is 0.352 e. The lowest BCUT2D eigenvalue weighted by Gasteiger charge is -2.11. The van der Waals surface area contributed by atoms with Crippen LogP contribution in [0.3, 0.4) is 0 Å². The molecule has 0 heterocycles. The van der Waals surface area contributed by atoms with Crippen LogP contribution in [-0.2, 0) is 0 Å². The van der Waals surface area contributed by atoms with Crippen LogP contribution >= 0.6 is 47.8 Å². The van der Waals surface area contributed by atoms with Crippen molar-refractivity contribution in [2.45, 2.75) is 13.3 Å². The lowest BCUT2D eigenvalue weighted by Crippen LogP contribution is -2.28. The number of hydrogen-bond acceptors (Lipinski definition) is 1. The zero-order valence-corrected chi connectivity index (χ0v) is 14.2. The molecule has 1 aromatic rings. The number of rotatable bonds is 5. The van der Waals surface area contributed by atoms with E-state index >= 15 is 0 Å². The average Bonchev–Trinajstić information content (AvgIpc) is 2.25. The van der Waals surface area contributed by atoms with Crippen molar-refractivity contribution in [1.82, 2.24) is 5.32 Å². The van der Waals surface area contributed by atoms with E-state index in [1.165, 1.54) is 0 Å². The van der Waals surface area contributed by atoms with Crippen molar-refractivity contribution in [2.24, 2.45) is 5.92 Å². The topological polar surface area (TPSA) is 29.1 Å². The van der Waals surface area contributed by atoms with Gasteiger partial charge in [0.1, 0.15) is 0 Å². The Hall–Kier alpha value is 0.130. The molecule has 0 aliphatic carbocycles. The van der Waals surface area contributed by atoms with E-state index < -0.39 is 0 Å². The van der Waals surface area contributed by atoms with Crippen LogP contribution in [0.1, 0.15) is 23.7 Å². The van der Waals surface area contributed by atoms with Gasteiger partial charge in [-0.1, -0.05) is 54.7 Å². The van der Waals surface area contributed by atoms with Crippen molar-refractivity contribution in [3.05, 3.63) is 32.7 Å². The number of halogens is 3. The summed E-state index contributed by atoms with van der Waals surface area (Å²) < 4.78 is 1.79. The summed E-state index contributed by atoms with van der Waals surface area (Å²) in [5.41, 5.74) is 0.664. The summed E-state index contributed by atoms with van der Waals surface area (Å²) in [5.74, 6) is 0.447. The van der Waals surface area contributed by atoms with Gasteiger partial charge in [0.25, 0.3) is 5.91 Å². The minimum Gasteiger partial charge on any atom is -0.352 e. The Bertz CT molecular complexity index is 375. The van der Waals surface area contributed by atoms with Crippen molar-refractivity contribution in [3.8, 4) is 0 Å². The number of carbonyl (C=O) groups is 1. The predicted octanol–water partition coefficient (Wildman–Crippen LogP) is 4.36. The summed E-state index contributed by atoms with van der Waals surface area (Å²) in [6, 6.07) is 5.54. The van der Waals surface area contributed by atoms with Gasteiger partial charge >= 0.3 is 0 Å². The quantitative estimate of drug-likeness (QED) is 0.695. The molecule has 0 spiro atoms. The van der Waals surface area contributed by atoms with E-state index in [0.717, 1.165) is 20.7 Å². The van der Waals surface area contributed by atoms with Gasteiger partial charge in [0.2, 0.25) is 0 Å². The van der Waals surface area contributed by atoms with Gasteiger partial charge in [0.15, 0.2) is 0 Å². The lowest BCUT2D eigenvalue weighted by molar-refractivity contribution is 0.0948. The van der Waals surface area contributed by atoms with E-state index in [-0.39, 0.29) is 5.91 Å². The van der Waals surface area contributed by atoms with Gasteiger partial charge in [-0.05, 0) is 30.5 Å². The lowest BCUT2D eigenvalue weighted by atomic mass is 10.1. The first-order chi connectivity index (χ1) is 8.02. The SMILES string of the molecule is CC(CCBr)CNC(=O)c1cc(Br)cc(Br)c1. The number of benzene rings is 1. The van der Waals surface area contributed by atoms with E-state index in [1.807, 2.05) is 18.2 Å². The Labute approximate surface area is 127 Å². The molecule has 0 bridgehead atoms. The standard InChI is InChI=1S/C12H14Br3NO/c1-8(2-3-13)7-16-12(17)9-4-10(14)6-11(15)5-9/h4-6,8H,2-3,7H2,1H3,(H,16,17). The molecule has 1 aromatic carbocycles. The molecule has 1 unspecified atom stereocenters. The molecule has 0 radical (unpaired) electrons. The Kier molecular flexibility index (Phi) is 6.74. The van der Waals surface area contributed by atoms with Crippen LogP contribution in [0.4, 0.5) is 0 Å². The summed E-state index contributed by atoms with van der Waals surface area (Å²) in [5, 5.41) is 3.90. The Morgan fingerprint density at radius 1 is 1.29 bits per heavy atom. The fourth-order valence-electron chi connectivity index (χ4n) is 1.34. The van der Waals surface area contributed by atoms with E-state index in [1.54, 1.807) is 0 Å². The maximum Gasteiger partial charge on any atom is 0.251 e. The number of carbonyl (C=O) groups excluding carboxylic acids is 1. The molecule has 0 saturated heterocycles. The fourth-order valence-corrected chi connectivity index (χ4v) is 3.42. The van der Waals surface area contributed by atoms with Crippen LogP contribution in [-0.4, -0.2) is 17.8 Å². The predicted molar refractivity (Wildman–Crippen MR) is 81.8 cm³/mol. The minimum absolute atomic E-state index is 0.0339. The molecule has 1 N–H and O–H groups in total. The molecule has 0 aromatic heterocycles. The number of hydrogen-bond donors (Lipinski definition) is 1. The van der Waals surface area contributed by atoms with Crippen LogP contribution < -0.4 is 5.32 Å². The van der Waals surface area contributed by atoms with Crippen molar-refractivity contribution < 1.29 is 4.79 Å². The molecule has 0 aliphatic rings. The van der Waals surface area contributed by atoms with E-state index in [2.05, 4.69) is 60.0 Å². The zero-order chi connectivity index (χ0) is 12.8. The number of amides is 1. The van der Waals surface area contributed by atoms with Gasteiger partial charge in [-0.25, -0.2) is 0 Å². The van der Waals surface area contributed by atoms with Gasteiger partial charge in [-0.2, -0.15) is 0 Å².